The van der Waals surface area contributed by atoms with Crippen LogP contribution in [0.1, 0.15) is 59.4 Å². The molecule has 102 valence electrons. The highest BCUT2D eigenvalue weighted by atomic mass is 15.2. The van der Waals surface area contributed by atoms with Gasteiger partial charge in [0.2, 0.25) is 0 Å². The minimum atomic E-state index is 0.219. The van der Waals surface area contributed by atoms with Crippen molar-refractivity contribution >= 4 is 5.69 Å². The fourth-order valence-corrected chi connectivity index (χ4v) is 2.91. The summed E-state index contributed by atoms with van der Waals surface area (Å²) >= 11 is 0. The fourth-order valence-electron chi connectivity index (χ4n) is 2.91. The first-order valence-corrected chi connectivity index (χ1v) is 7.29. The quantitative estimate of drug-likeness (QED) is 0.669. The number of benzene rings is 1. The van der Waals surface area contributed by atoms with Crippen LogP contribution in [0.15, 0.2) is 24.3 Å². The van der Waals surface area contributed by atoms with Gasteiger partial charge in [0, 0.05) is 17.3 Å². The van der Waals surface area contributed by atoms with Crippen molar-refractivity contribution in [1.82, 2.24) is 0 Å². The standard InChI is InChI=1S/C17H29N/c1-7-13-17(5,6)18(15(4)8-2)16-12-10-9-11-14(16)3/h9-12,15H,7-8,13H2,1-6H3/t15-/m0/s1. The van der Waals surface area contributed by atoms with E-state index in [9.17, 15) is 0 Å². The van der Waals surface area contributed by atoms with Crippen molar-refractivity contribution < 1.29 is 0 Å². The van der Waals surface area contributed by atoms with E-state index in [1.165, 1.54) is 30.5 Å². The number of nitrogens with zero attached hydrogens (tertiary/aromatic N) is 1. The summed E-state index contributed by atoms with van der Waals surface area (Å²) in [6.07, 6.45) is 3.64. The Hall–Kier alpha value is -0.980. The van der Waals surface area contributed by atoms with Crippen LogP contribution in [0.2, 0.25) is 0 Å². The Bertz CT molecular complexity index is 368. The molecular formula is C17H29N. The topological polar surface area (TPSA) is 3.24 Å². The van der Waals surface area contributed by atoms with Gasteiger partial charge in [-0.25, -0.2) is 0 Å². The van der Waals surface area contributed by atoms with Crippen molar-refractivity contribution in [3.05, 3.63) is 29.8 Å². The van der Waals surface area contributed by atoms with Crippen molar-refractivity contribution in [2.24, 2.45) is 0 Å². The maximum atomic E-state index is 2.62. The summed E-state index contributed by atoms with van der Waals surface area (Å²) in [7, 11) is 0. The zero-order valence-corrected chi connectivity index (χ0v) is 13.0. The highest BCUT2D eigenvalue weighted by molar-refractivity contribution is 5.55. The molecule has 1 atom stereocenters. The first-order chi connectivity index (χ1) is 8.44. The third-order valence-electron chi connectivity index (χ3n) is 3.92. The zero-order chi connectivity index (χ0) is 13.8. The Balaban J connectivity index is 3.18. The first kappa shape index (κ1) is 15.1. The largest absolute Gasteiger partial charge is 0.364 e. The van der Waals surface area contributed by atoms with Crippen LogP contribution in [0.4, 0.5) is 5.69 Å². The van der Waals surface area contributed by atoms with Gasteiger partial charge in [0.1, 0.15) is 0 Å². The highest BCUT2D eigenvalue weighted by Gasteiger charge is 2.29. The molecule has 0 aliphatic rings. The molecule has 0 saturated heterocycles. The molecule has 0 aliphatic carbocycles. The molecule has 0 unspecified atom stereocenters. The second-order valence-electron chi connectivity index (χ2n) is 5.98. The van der Waals surface area contributed by atoms with E-state index in [-0.39, 0.29) is 5.54 Å². The average Bonchev–Trinajstić information content (AvgIpc) is 2.31. The molecule has 1 heteroatoms. The van der Waals surface area contributed by atoms with E-state index in [4.69, 9.17) is 0 Å². The predicted molar refractivity (Wildman–Crippen MR) is 82.4 cm³/mol. The molecule has 1 aromatic carbocycles. The summed E-state index contributed by atoms with van der Waals surface area (Å²) in [6, 6.07) is 9.33. The second-order valence-corrected chi connectivity index (χ2v) is 5.98. The van der Waals surface area contributed by atoms with Gasteiger partial charge in [-0.15, -0.1) is 0 Å². The lowest BCUT2D eigenvalue weighted by molar-refractivity contribution is 0.382. The lowest BCUT2D eigenvalue weighted by Crippen LogP contribution is -2.49. The lowest BCUT2D eigenvalue weighted by atomic mass is 9.92. The van der Waals surface area contributed by atoms with Crippen molar-refractivity contribution in [2.45, 2.75) is 72.4 Å². The molecule has 0 aliphatic heterocycles. The first-order valence-electron chi connectivity index (χ1n) is 7.29. The molecule has 0 bridgehead atoms. The van der Waals surface area contributed by atoms with Crippen molar-refractivity contribution in [3.63, 3.8) is 0 Å². The SMILES string of the molecule is CCCC(C)(C)N(c1ccccc1C)[C@@H](C)CC. The number of rotatable bonds is 6. The van der Waals surface area contributed by atoms with Crippen LogP contribution in [0, 0.1) is 6.92 Å². The number of aryl methyl sites for hydroxylation is 1. The molecule has 0 aromatic heterocycles. The Morgan fingerprint density at radius 3 is 2.28 bits per heavy atom. The van der Waals surface area contributed by atoms with Crippen LogP contribution in [0.25, 0.3) is 0 Å². The van der Waals surface area contributed by atoms with Gasteiger partial charge in [0.15, 0.2) is 0 Å². The fraction of sp³-hybridized carbons (Fsp3) is 0.647. The van der Waals surface area contributed by atoms with Crippen LogP contribution in [0.5, 0.6) is 0 Å². The van der Waals surface area contributed by atoms with E-state index < -0.39 is 0 Å². The highest BCUT2D eigenvalue weighted by Crippen LogP contribution is 2.33. The Labute approximate surface area is 113 Å². The molecule has 0 saturated carbocycles. The van der Waals surface area contributed by atoms with Crippen LogP contribution in [-0.4, -0.2) is 11.6 Å². The maximum absolute atomic E-state index is 2.62. The Morgan fingerprint density at radius 1 is 1.17 bits per heavy atom. The smallest absolute Gasteiger partial charge is 0.0402 e. The molecular weight excluding hydrogens is 218 g/mol. The maximum Gasteiger partial charge on any atom is 0.0402 e. The van der Waals surface area contributed by atoms with E-state index >= 15 is 0 Å². The van der Waals surface area contributed by atoms with Crippen LogP contribution in [-0.2, 0) is 0 Å². The summed E-state index contributed by atoms with van der Waals surface area (Å²) in [5.41, 5.74) is 2.99. The van der Waals surface area contributed by atoms with Gasteiger partial charge in [-0.05, 0) is 52.2 Å². The molecule has 0 amide bonds. The third kappa shape index (κ3) is 3.28. The van der Waals surface area contributed by atoms with Gasteiger partial charge in [0.05, 0.1) is 0 Å². The summed E-state index contributed by atoms with van der Waals surface area (Å²) in [4.78, 5) is 2.62. The molecule has 1 aromatic rings. The van der Waals surface area contributed by atoms with Crippen molar-refractivity contribution in [2.75, 3.05) is 4.90 Å². The van der Waals surface area contributed by atoms with Crippen molar-refractivity contribution in [3.8, 4) is 0 Å². The molecule has 0 radical (unpaired) electrons. The van der Waals surface area contributed by atoms with Gasteiger partial charge in [-0.1, -0.05) is 38.5 Å². The van der Waals surface area contributed by atoms with E-state index in [1.807, 2.05) is 0 Å². The molecule has 0 heterocycles. The van der Waals surface area contributed by atoms with Gasteiger partial charge < -0.3 is 4.90 Å². The van der Waals surface area contributed by atoms with Crippen LogP contribution >= 0.6 is 0 Å². The van der Waals surface area contributed by atoms with E-state index in [2.05, 4.69) is 70.7 Å². The van der Waals surface area contributed by atoms with Gasteiger partial charge in [-0.3, -0.25) is 0 Å². The van der Waals surface area contributed by atoms with E-state index in [1.54, 1.807) is 0 Å². The van der Waals surface area contributed by atoms with E-state index in [0.717, 1.165) is 0 Å². The number of hydrogen-bond acceptors (Lipinski definition) is 1. The number of anilines is 1. The van der Waals surface area contributed by atoms with Crippen LogP contribution < -0.4 is 4.90 Å². The minimum Gasteiger partial charge on any atom is -0.364 e. The van der Waals surface area contributed by atoms with Gasteiger partial charge >= 0.3 is 0 Å². The Morgan fingerprint density at radius 2 is 1.78 bits per heavy atom. The lowest BCUT2D eigenvalue weighted by Gasteiger charge is -2.45. The minimum absolute atomic E-state index is 0.219. The summed E-state index contributed by atoms with van der Waals surface area (Å²) in [5.74, 6) is 0. The molecule has 18 heavy (non-hydrogen) atoms. The monoisotopic (exact) mass is 247 g/mol. The second kappa shape index (κ2) is 6.26. The molecule has 0 spiro atoms. The normalized spacial score (nSPS) is 13.4. The van der Waals surface area contributed by atoms with Crippen LogP contribution in [0.3, 0.4) is 0 Å². The summed E-state index contributed by atoms with van der Waals surface area (Å²) < 4.78 is 0. The zero-order valence-electron chi connectivity index (χ0n) is 13.0. The number of para-hydroxylation sites is 1. The average molecular weight is 247 g/mol. The summed E-state index contributed by atoms with van der Waals surface area (Å²) in [6.45, 7) is 13.8. The molecule has 1 nitrogen and oxygen atoms in total. The third-order valence-corrected chi connectivity index (χ3v) is 3.92. The van der Waals surface area contributed by atoms with Gasteiger partial charge in [0.25, 0.3) is 0 Å². The molecule has 1 rings (SSSR count). The van der Waals surface area contributed by atoms with Crippen molar-refractivity contribution in [1.29, 1.82) is 0 Å². The summed E-state index contributed by atoms with van der Waals surface area (Å²) in [5, 5.41) is 0. The van der Waals surface area contributed by atoms with Gasteiger partial charge in [-0.2, -0.15) is 0 Å². The molecule has 0 fully saturated rings. The number of hydrogen-bond donors (Lipinski definition) is 0. The Kier molecular flexibility index (Phi) is 5.25. The molecule has 0 N–H and O–H groups in total. The predicted octanol–water partition coefficient (Wildman–Crippen LogP) is 5.18. The van der Waals surface area contributed by atoms with E-state index in [0.29, 0.717) is 6.04 Å².